The maximum atomic E-state index is 11.8. The average Bonchev–Trinajstić information content (AvgIpc) is 2.87. The number of esters is 1. The molecule has 0 fully saturated rings. The lowest BCUT2D eigenvalue weighted by atomic mass is 10.2. The number of carbonyl (C=O) groups excluding carboxylic acids is 1. The van der Waals surface area contributed by atoms with Crippen molar-refractivity contribution in [2.75, 3.05) is 7.11 Å². The van der Waals surface area contributed by atoms with Crippen molar-refractivity contribution < 1.29 is 9.53 Å². The minimum absolute atomic E-state index is 0.170. The number of carbonyl (C=O) groups is 1. The zero-order valence-electron chi connectivity index (χ0n) is 9.39. The van der Waals surface area contributed by atoms with Gasteiger partial charge in [-0.1, -0.05) is 0 Å². The zero-order valence-corrected chi connectivity index (χ0v) is 10.2. The molecular formula is C12H8N2O3S. The highest BCUT2D eigenvalue weighted by Crippen LogP contribution is 2.23. The van der Waals surface area contributed by atoms with E-state index in [-0.39, 0.29) is 5.56 Å². The van der Waals surface area contributed by atoms with Gasteiger partial charge in [0.15, 0.2) is 0 Å². The Kier molecular flexibility index (Phi) is 2.38. The molecule has 3 rings (SSSR count). The van der Waals surface area contributed by atoms with E-state index in [0.717, 1.165) is 5.39 Å². The smallest absolute Gasteiger partial charge is 0.339 e. The third-order valence-electron chi connectivity index (χ3n) is 2.68. The number of hydrogen-bond donors (Lipinski definition) is 1. The molecule has 90 valence electrons. The molecule has 1 N–H and O–H groups in total. The number of ether oxygens (including phenoxy) is 1. The number of fused-ring (bicyclic) bond motifs is 3. The molecule has 0 aliphatic heterocycles. The van der Waals surface area contributed by atoms with Gasteiger partial charge in [0.05, 0.1) is 23.7 Å². The number of methoxy groups -OCH3 is 1. The van der Waals surface area contributed by atoms with Crippen LogP contribution >= 0.6 is 11.3 Å². The van der Waals surface area contributed by atoms with Crippen LogP contribution in [-0.4, -0.2) is 23.0 Å². The summed E-state index contributed by atoms with van der Waals surface area (Å²) in [5.41, 5.74) is 1.36. The molecule has 0 radical (unpaired) electrons. The lowest BCUT2D eigenvalue weighted by molar-refractivity contribution is 0.0600. The highest BCUT2D eigenvalue weighted by Gasteiger charge is 2.11. The molecule has 3 aromatic heterocycles. The van der Waals surface area contributed by atoms with Gasteiger partial charge in [0.2, 0.25) is 0 Å². The predicted octanol–water partition coefficient (Wildman–Crippen LogP) is 1.92. The van der Waals surface area contributed by atoms with Crippen molar-refractivity contribution >= 4 is 38.4 Å². The van der Waals surface area contributed by atoms with Crippen LogP contribution in [0.2, 0.25) is 0 Å². The van der Waals surface area contributed by atoms with Crippen LogP contribution in [0.5, 0.6) is 0 Å². The van der Waals surface area contributed by atoms with Gasteiger partial charge in [-0.2, -0.15) is 0 Å². The summed E-state index contributed by atoms with van der Waals surface area (Å²) in [4.78, 5) is 30.2. The fraction of sp³-hybridized carbons (Fsp3) is 0.0833. The Morgan fingerprint density at radius 2 is 2.33 bits per heavy atom. The van der Waals surface area contributed by atoms with E-state index in [2.05, 4.69) is 14.7 Å². The molecule has 0 aliphatic rings. The molecule has 0 atom stereocenters. The number of nitrogens with one attached hydrogen (secondary N) is 1. The summed E-state index contributed by atoms with van der Waals surface area (Å²) in [6.45, 7) is 0. The van der Waals surface area contributed by atoms with E-state index in [1.807, 2.05) is 11.4 Å². The molecule has 0 spiro atoms. The zero-order chi connectivity index (χ0) is 12.7. The predicted molar refractivity (Wildman–Crippen MR) is 69.1 cm³/mol. The number of nitrogens with zero attached hydrogens (tertiary/aromatic N) is 1. The Bertz CT molecular complexity index is 819. The quantitative estimate of drug-likeness (QED) is 0.678. The van der Waals surface area contributed by atoms with Gasteiger partial charge in [0.1, 0.15) is 4.70 Å². The number of H-pyrrole nitrogens is 1. The minimum Gasteiger partial charge on any atom is -0.465 e. The second kappa shape index (κ2) is 3.92. The first-order valence-corrected chi connectivity index (χ1v) is 6.06. The monoisotopic (exact) mass is 260 g/mol. The van der Waals surface area contributed by atoms with Gasteiger partial charge in [-0.15, -0.1) is 11.3 Å². The van der Waals surface area contributed by atoms with Gasteiger partial charge < -0.3 is 9.72 Å². The van der Waals surface area contributed by atoms with Gasteiger partial charge in [0.25, 0.3) is 5.56 Å². The summed E-state index contributed by atoms with van der Waals surface area (Å²) in [7, 11) is 1.30. The molecule has 0 saturated carbocycles. The summed E-state index contributed by atoms with van der Waals surface area (Å²) in [6, 6.07) is 3.43. The Morgan fingerprint density at radius 1 is 1.50 bits per heavy atom. The molecule has 5 nitrogen and oxygen atoms in total. The van der Waals surface area contributed by atoms with Crippen molar-refractivity contribution in [1.29, 1.82) is 0 Å². The molecule has 0 bridgehead atoms. The van der Waals surface area contributed by atoms with Gasteiger partial charge in [0, 0.05) is 11.6 Å². The van der Waals surface area contributed by atoms with Crippen LogP contribution in [-0.2, 0) is 4.74 Å². The fourth-order valence-corrected chi connectivity index (χ4v) is 2.64. The molecule has 0 unspecified atom stereocenters. The van der Waals surface area contributed by atoms with Gasteiger partial charge in [-0.05, 0) is 17.5 Å². The van der Waals surface area contributed by atoms with Crippen molar-refractivity contribution in [1.82, 2.24) is 9.97 Å². The second-order valence-electron chi connectivity index (χ2n) is 3.73. The van der Waals surface area contributed by atoms with E-state index in [0.29, 0.717) is 21.3 Å². The Hall–Kier alpha value is -2.21. The van der Waals surface area contributed by atoms with Crippen LogP contribution in [0.3, 0.4) is 0 Å². The summed E-state index contributed by atoms with van der Waals surface area (Å²) in [5.74, 6) is -0.476. The minimum atomic E-state index is -0.476. The van der Waals surface area contributed by atoms with E-state index in [9.17, 15) is 9.59 Å². The van der Waals surface area contributed by atoms with Crippen molar-refractivity contribution in [3.8, 4) is 0 Å². The van der Waals surface area contributed by atoms with Gasteiger partial charge in [-0.25, -0.2) is 4.79 Å². The number of hydrogen-bond acceptors (Lipinski definition) is 5. The van der Waals surface area contributed by atoms with E-state index in [1.54, 1.807) is 6.07 Å². The number of thiophene rings is 1. The van der Waals surface area contributed by atoms with E-state index in [4.69, 9.17) is 0 Å². The van der Waals surface area contributed by atoms with Crippen molar-refractivity contribution in [3.05, 3.63) is 39.6 Å². The topological polar surface area (TPSA) is 72.0 Å². The summed E-state index contributed by atoms with van der Waals surface area (Å²) in [5, 5.41) is 2.64. The number of pyridine rings is 2. The lowest BCUT2D eigenvalue weighted by Gasteiger charge is -2.02. The molecule has 3 heterocycles. The highest BCUT2D eigenvalue weighted by molar-refractivity contribution is 7.17. The van der Waals surface area contributed by atoms with Crippen LogP contribution < -0.4 is 5.56 Å². The highest BCUT2D eigenvalue weighted by atomic mass is 32.1. The third kappa shape index (κ3) is 1.50. The molecule has 3 aromatic rings. The maximum absolute atomic E-state index is 11.8. The molecule has 18 heavy (non-hydrogen) atoms. The third-order valence-corrected chi connectivity index (χ3v) is 3.60. The van der Waals surface area contributed by atoms with Crippen LogP contribution in [0, 0.1) is 0 Å². The molecular weight excluding hydrogens is 252 g/mol. The van der Waals surface area contributed by atoms with Crippen LogP contribution in [0.4, 0.5) is 0 Å². The first kappa shape index (κ1) is 10.9. The largest absolute Gasteiger partial charge is 0.465 e. The van der Waals surface area contributed by atoms with Crippen LogP contribution in [0.1, 0.15) is 10.4 Å². The van der Waals surface area contributed by atoms with Crippen LogP contribution in [0.25, 0.3) is 21.1 Å². The van der Waals surface area contributed by atoms with Crippen molar-refractivity contribution in [2.45, 2.75) is 0 Å². The average molecular weight is 260 g/mol. The molecule has 0 aromatic carbocycles. The fourth-order valence-electron chi connectivity index (χ4n) is 1.85. The molecule has 0 aliphatic carbocycles. The van der Waals surface area contributed by atoms with E-state index in [1.165, 1.54) is 24.6 Å². The first-order valence-electron chi connectivity index (χ1n) is 5.18. The van der Waals surface area contributed by atoms with Crippen molar-refractivity contribution in [2.24, 2.45) is 0 Å². The number of aromatic nitrogens is 2. The van der Waals surface area contributed by atoms with E-state index >= 15 is 0 Å². The van der Waals surface area contributed by atoms with Crippen LogP contribution in [0.15, 0.2) is 28.5 Å². The Balaban J connectivity index is 2.39. The van der Waals surface area contributed by atoms with Gasteiger partial charge in [-0.3, -0.25) is 9.78 Å². The number of aromatic amines is 1. The maximum Gasteiger partial charge on any atom is 0.339 e. The van der Waals surface area contributed by atoms with Crippen molar-refractivity contribution in [3.63, 3.8) is 0 Å². The molecule has 6 heteroatoms. The molecule has 0 saturated heterocycles. The lowest BCUT2D eigenvalue weighted by Crippen LogP contribution is -2.07. The summed E-state index contributed by atoms with van der Waals surface area (Å²) in [6.07, 6.45) is 1.45. The second-order valence-corrected chi connectivity index (χ2v) is 4.65. The Labute approximate surface area is 105 Å². The number of rotatable bonds is 1. The summed E-state index contributed by atoms with van der Waals surface area (Å²) < 4.78 is 5.26. The Morgan fingerprint density at radius 3 is 3.11 bits per heavy atom. The molecule has 0 amide bonds. The normalized spacial score (nSPS) is 10.9. The standard InChI is InChI=1S/C12H8N2O3S/c1-17-12(16)6-4-8-9(13-5-6)7-2-3-18-10(7)11(15)14-8/h2-5H,1H3,(H,14,15). The van der Waals surface area contributed by atoms with Gasteiger partial charge >= 0.3 is 5.97 Å². The first-order chi connectivity index (χ1) is 8.70. The summed E-state index contributed by atoms with van der Waals surface area (Å²) >= 11 is 1.37. The SMILES string of the molecule is COC(=O)c1cnc2c(c1)[nH]c(=O)c1sccc12. The van der Waals surface area contributed by atoms with E-state index < -0.39 is 5.97 Å².